The minimum atomic E-state index is -3.36. The molecule has 1 aromatic carbocycles. The third kappa shape index (κ3) is 5.29. The molecule has 0 radical (unpaired) electrons. The van der Waals surface area contributed by atoms with Crippen molar-refractivity contribution in [1.82, 2.24) is 4.31 Å². The highest BCUT2D eigenvalue weighted by atomic mass is 32.2. The Hall–Kier alpha value is -1.44. The fourth-order valence-corrected chi connectivity index (χ4v) is 3.73. The van der Waals surface area contributed by atoms with Crippen molar-refractivity contribution >= 4 is 21.6 Å². The van der Waals surface area contributed by atoms with E-state index in [2.05, 4.69) is 0 Å². The Morgan fingerprint density at radius 2 is 2.00 bits per heavy atom. The van der Waals surface area contributed by atoms with Crippen molar-refractivity contribution in [3.63, 3.8) is 0 Å². The number of carbonyl (C=O) groups is 1. The van der Waals surface area contributed by atoms with E-state index in [0.717, 1.165) is 18.5 Å². The zero-order chi connectivity index (χ0) is 17.6. The first-order chi connectivity index (χ1) is 11.4. The van der Waals surface area contributed by atoms with E-state index in [1.165, 1.54) is 10.6 Å². The van der Waals surface area contributed by atoms with E-state index in [0.29, 0.717) is 19.7 Å². The first-order valence-corrected chi connectivity index (χ1v) is 10.2. The summed E-state index contributed by atoms with van der Waals surface area (Å²) < 4.78 is 30.9. The number of amides is 1. The van der Waals surface area contributed by atoms with E-state index >= 15 is 0 Å². The van der Waals surface area contributed by atoms with Gasteiger partial charge < -0.3 is 9.64 Å². The SMILES string of the molecule is CCN(C(=O)CCN(CC1CCCO1)S(C)(=O)=O)c1ccccc1. The first kappa shape index (κ1) is 18.9. The zero-order valence-electron chi connectivity index (χ0n) is 14.3. The lowest BCUT2D eigenvalue weighted by molar-refractivity contribution is -0.118. The topological polar surface area (TPSA) is 66.9 Å². The summed E-state index contributed by atoms with van der Waals surface area (Å²) in [6.07, 6.45) is 3.10. The molecule has 1 unspecified atom stereocenters. The van der Waals surface area contributed by atoms with Crippen LogP contribution in [0.4, 0.5) is 5.69 Å². The van der Waals surface area contributed by atoms with Gasteiger partial charge in [-0.25, -0.2) is 8.42 Å². The van der Waals surface area contributed by atoms with Gasteiger partial charge in [0.15, 0.2) is 0 Å². The summed E-state index contributed by atoms with van der Waals surface area (Å²) in [5.41, 5.74) is 0.829. The van der Waals surface area contributed by atoms with Crippen molar-refractivity contribution in [2.75, 3.05) is 37.4 Å². The molecule has 1 amide bonds. The quantitative estimate of drug-likeness (QED) is 0.715. The van der Waals surface area contributed by atoms with Crippen LogP contribution in [0.15, 0.2) is 30.3 Å². The van der Waals surface area contributed by atoms with Gasteiger partial charge in [0.25, 0.3) is 0 Å². The molecule has 1 aromatic rings. The molecule has 7 heteroatoms. The lowest BCUT2D eigenvalue weighted by atomic mass is 10.2. The van der Waals surface area contributed by atoms with E-state index in [9.17, 15) is 13.2 Å². The molecule has 1 atom stereocenters. The Morgan fingerprint density at radius 3 is 2.54 bits per heavy atom. The highest BCUT2D eigenvalue weighted by Crippen LogP contribution is 2.17. The number of hydrogen-bond acceptors (Lipinski definition) is 4. The first-order valence-electron chi connectivity index (χ1n) is 8.34. The molecule has 1 aliphatic rings. The van der Waals surface area contributed by atoms with Gasteiger partial charge in [-0.2, -0.15) is 4.31 Å². The maximum atomic E-state index is 12.5. The van der Waals surface area contributed by atoms with E-state index < -0.39 is 10.0 Å². The molecule has 0 N–H and O–H groups in total. The zero-order valence-corrected chi connectivity index (χ0v) is 15.2. The third-order valence-electron chi connectivity index (χ3n) is 4.16. The van der Waals surface area contributed by atoms with Crippen LogP contribution in [0.25, 0.3) is 0 Å². The highest BCUT2D eigenvalue weighted by Gasteiger charge is 2.26. The number of rotatable bonds is 8. The molecule has 1 aliphatic heterocycles. The van der Waals surface area contributed by atoms with Crippen molar-refractivity contribution in [3.8, 4) is 0 Å². The summed E-state index contributed by atoms with van der Waals surface area (Å²) in [6, 6.07) is 9.41. The van der Waals surface area contributed by atoms with Crippen molar-refractivity contribution in [1.29, 1.82) is 0 Å². The average Bonchev–Trinajstić information content (AvgIpc) is 3.05. The summed E-state index contributed by atoms with van der Waals surface area (Å²) in [7, 11) is -3.36. The number of hydrogen-bond donors (Lipinski definition) is 0. The van der Waals surface area contributed by atoms with Crippen LogP contribution in [0.5, 0.6) is 0 Å². The highest BCUT2D eigenvalue weighted by molar-refractivity contribution is 7.88. The van der Waals surface area contributed by atoms with Gasteiger partial charge in [-0.05, 0) is 31.9 Å². The average molecular weight is 354 g/mol. The predicted octanol–water partition coefficient (Wildman–Crippen LogP) is 1.87. The van der Waals surface area contributed by atoms with E-state index in [-0.39, 0.29) is 25.0 Å². The fraction of sp³-hybridized carbons (Fsp3) is 0.588. The maximum Gasteiger partial charge on any atom is 0.228 e. The van der Waals surface area contributed by atoms with Crippen molar-refractivity contribution < 1.29 is 17.9 Å². The van der Waals surface area contributed by atoms with Crippen molar-refractivity contribution in [2.45, 2.75) is 32.3 Å². The molecule has 0 aliphatic carbocycles. The van der Waals surface area contributed by atoms with Gasteiger partial charge in [-0.3, -0.25) is 4.79 Å². The number of para-hydroxylation sites is 1. The van der Waals surface area contributed by atoms with Gasteiger partial charge >= 0.3 is 0 Å². The maximum absolute atomic E-state index is 12.5. The summed E-state index contributed by atoms with van der Waals surface area (Å²) in [5, 5.41) is 0. The van der Waals surface area contributed by atoms with Gasteiger partial charge in [0.2, 0.25) is 15.9 Å². The number of carbonyl (C=O) groups excluding carboxylic acids is 1. The van der Waals surface area contributed by atoms with Crippen LogP contribution in [0.3, 0.4) is 0 Å². The minimum Gasteiger partial charge on any atom is -0.377 e. The number of nitrogens with zero attached hydrogens (tertiary/aromatic N) is 2. The van der Waals surface area contributed by atoms with Gasteiger partial charge in [0.05, 0.1) is 12.4 Å². The Bertz CT molecular complexity index is 627. The van der Waals surface area contributed by atoms with Crippen LogP contribution in [0.1, 0.15) is 26.2 Å². The predicted molar refractivity (Wildman–Crippen MR) is 94.5 cm³/mol. The minimum absolute atomic E-state index is 0.0637. The van der Waals surface area contributed by atoms with Crippen LogP contribution in [0, 0.1) is 0 Å². The molecule has 2 rings (SSSR count). The van der Waals surface area contributed by atoms with Crippen LogP contribution >= 0.6 is 0 Å². The van der Waals surface area contributed by atoms with Crippen molar-refractivity contribution in [3.05, 3.63) is 30.3 Å². The fourth-order valence-electron chi connectivity index (χ4n) is 2.87. The molecule has 1 saturated heterocycles. The molecule has 0 spiro atoms. The van der Waals surface area contributed by atoms with Crippen LogP contribution in [0.2, 0.25) is 0 Å². The molecule has 6 nitrogen and oxygen atoms in total. The number of benzene rings is 1. The Balaban J connectivity index is 1.98. The molecule has 0 bridgehead atoms. The molecule has 0 saturated carbocycles. The summed E-state index contributed by atoms with van der Waals surface area (Å²) in [4.78, 5) is 14.2. The lowest BCUT2D eigenvalue weighted by Gasteiger charge is -2.25. The monoisotopic (exact) mass is 354 g/mol. The standard InChI is InChI=1S/C17H26N2O4S/c1-3-19(15-8-5-4-6-9-15)17(20)11-12-18(24(2,21)22)14-16-10-7-13-23-16/h4-6,8-9,16H,3,7,10-14H2,1-2H3. The number of ether oxygens (including phenoxy) is 1. The van der Waals surface area contributed by atoms with Gasteiger partial charge in [0.1, 0.15) is 0 Å². The Labute approximate surface area is 144 Å². The molecular weight excluding hydrogens is 328 g/mol. The molecule has 1 fully saturated rings. The molecule has 1 heterocycles. The molecular formula is C17H26N2O4S. The second kappa shape index (κ2) is 8.60. The lowest BCUT2D eigenvalue weighted by Crippen LogP contribution is -2.40. The van der Waals surface area contributed by atoms with Gasteiger partial charge in [0, 0.05) is 38.3 Å². The molecule has 24 heavy (non-hydrogen) atoms. The normalized spacial score (nSPS) is 18.0. The van der Waals surface area contributed by atoms with Crippen LogP contribution in [-0.4, -0.2) is 57.2 Å². The summed E-state index contributed by atoms with van der Waals surface area (Å²) in [5.74, 6) is -0.0790. The molecule has 134 valence electrons. The third-order valence-corrected chi connectivity index (χ3v) is 5.43. The van der Waals surface area contributed by atoms with E-state index in [4.69, 9.17) is 4.74 Å². The molecule has 0 aromatic heterocycles. The number of sulfonamides is 1. The van der Waals surface area contributed by atoms with Gasteiger partial charge in [-0.1, -0.05) is 18.2 Å². The van der Waals surface area contributed by atoms with Crippen molar-refractivity contribution in [2.24, 2.45) is 0 Å². The smallest absolute Gasteiger partial charge is 0.228 e. The Kier molecular flexibility index (Phi) is 6.77. The van der Waals surface area contributed by atoms with Gasteiger partial charge in [-0.15, -0.1) is 0 Å². The second-order valence-corrected chi connectivity index (χ2v) is 7.96. The van der Waals surface area contributed by atoms with E-state index in [1.807, 2.05) is 37.3 Å². The summed E-state index contributed by atoms with van der Waals surface area (Å²) >= 11 is 0. The Morgan fingerprint density at radius 1 is 1.29 bits per heavy atom. The second-order valence-electron chi connectivity index (χ2n) is 5.98. The summed E-state index contributed by atoms with van der Waals surface area (Å²) in [6.45, 7) is 3.64. The van der Waals surface area contributed by atoms with Crippen LogP contribution in [-0.2, 0) is 19.6 Å². The largest absolute Gasteiger partial charge is 0.377 e. The van der Waals surface area contributed by atoms with Crippen LogP contribution < -0.4 is 4.90 Å². The van der Waals surface area contributed by atoms with E-state index in [1.54, 1.807) is 4.90 Å². The number of anilines is 1.